The number of nitrogens with zero attached hydrogens (tertiary/aromatic N) is 4. The standard InChI is InChI=1S/C17H24N4O4S2/c1-13-5-6-16(11-14(13)2)26(22,23)20-7-9-21(10-8-20)27(24,25)17-12-18-19(4)15(17)3/h5-6,11-12H,7-10H2,1-4H3. The molecule has 0 amide bonds. The van der Waals surface area contributed by atoms with Crippen molar-refractivity contribution in [3.8, 4) is 0 Å². The average molecular weight is 413 g/mol. The van der Waals surface area contributed by atoms with E-state index >= 15 is 0 Å². The van der Waals surface area contributed by atoms with Crippen LogP contribution in [-0.2, 0) is 27.1 Å². The molecule has 0 atom stereocenters. The molecule has 0 saturated carbocycles. The zero-order valence-electron chi connectivity index (χ0n) is 15.9. The molecule has 1 aliphatic heterocycles. The van der Waals surface area contributed by atoms with Crippen molar-refractivity contribution in [2.45, 2.75) is 30.6 Å². The quantitative estimate of drug-likeness (QED) is 0.748. The van der Waals surface area contributed by atoms with Gasteiger partial charge in [-0.25, -0.2) is 16.8 Å². The molecule has 0 spiro atoms. The highest BCUT2D eigenvalue weighted by Crippen LogP contribution is 2.24. The Morgan fingerprint density at radius 1 is 0.852 bits per heavy atom. The fourth-order valence-corrected chi connectivity index (χ4v) is 6.16. The van der Waals surface area contributed by atoms with Crippen molar-refractivity contribution >= 4 is 20.0 Å². The van der Waals surface area contributed by atoms with Crippen molar-refractivity contribution in [1.29, 1.82) is 0 Å². The maximum absolute atomic E-state index is 12.9. The largest absolute Gasteiger partial charge is 0.272 e. The summed E-state index contributed by atoms with van der Waals surface area (Å²) in [7, 11) is -5.65. The van der Waals surface area contributed by atoms with E-state index in [0.717, 1.165) is 11.1 Å². The molecular formula is C17H24N4O4S2. The Morgan fingerprint density at radius 2 is 1.41 bits per heavy atom. The molecule has 1 fully saturated rings. The Morgan fingerprint density at radius 3 is 1.89 bits per heavy atom. The van der Waals surface area contributed by atoms with Gasteiger partial charge in [-0.1, -0.05) is 6.07 Å². The zero-order chi connectivity index (χ0) is 20.0. The van der Waals surface area contributed by atoms with Crippen molar-refractivity contribution < 1.29 is 16.8 Å². The Balaban J connectivity index is 1.78. The van der Waals surface area contributed by atoms with Gasteiger partial charge in [0.15, 0.2) is 0 Å². The summed E-state index contributed by atoms with van der Waals surface area (Å²) in [6.07, 6.45) is 1.34. The molecule has 0 N–H and O–H groups in total. The summed E-state index contributed by atoms with van der Waals surface area (Å²) in [5.74, 6) is 0. The number of sulfonamides is 2. The first-order chi connectivity index (χ1) is 12.5. The number of aryl methyl sites for hydroxylation is 3. The van der Waals surface area contributed by atoms with Crippen molar-refractivity contribution in [2.75, 3.05) is 26.2 Å². The van der Waals surface area contributed by atoms with E-state index in [1.54, 1.807) is 32.2 Å². The first-order valence-corrected chi connectivity index (χ1v) is 11.5. The summed E-state index contributed by atoms with van der Waals surface area (Å²) in [6, 6.07) is 5.04. The van der Waals surface area contributed by atoms with Gasteiger partial charge in [-0.05, 0) is 44.0 Å². The van der Waals surface area contributed by atoms with Crippen LogP contribution in [0.4, 0.5) is 0 Å². The lowest BCUT2D eigenvalue weighted by Gasteiger charge is -2.33. The van der Waals surface area contributed by atoms with Gasteiger partial charge >= 0.3 is 0 Å². The molecule has 148 valence electrons. The number of hydrogen-bond donors (Lipinski definition) is 0. The van der Waals surface area contributed by atoms with Crippen LogP contribution in [0, 0.1) is 20.8 Å². The van der Waals surface area contributed by atoms with E-state index in [2.05, 4.69) is 5.10 Å². The van der Waals surface area contributed by atoms with Crippen LogP contribution in [0.3, 0.4) is 0 Å². The predicted octanol–water partition coefficient (Wildman–Crippen LogP) is 1.04. The second kappa shape index (κ2) is 7.01. The van der Waals surface area contributed by atoms with Crippen molar-refractivity contribution in [3.05, 3.63) is 41.2 Å². The van der Waals surface area contributed by atoms with Crippen LogP contribution in [0.25, 0.3) is 0 Å². The maximum atomic E-state index is 12.9. The van der Waals surface area contributed by atoms with Gasteiger partial charge in [0.25, 0.3) is 0 Å². The molecule has 3 rings (SSSR count). The van der Waals surface area contributed by atoms with E-state index < -0.39 is 20.0 Å². The third kappa shape index (κ3) is 3.54. The summed E-state index contributed by atoms with van der Waals surface area (Å²) in [6.45, 7) is 5.95. The molecular weight excluding hydrogens is 388 g/mol. The highest BCUT2D eigenvalue weighted by Gasteiger charge is 2.35. The molecule has 0 bridgehead atoms. The van der Waals surface area contributed by atoms with Gasteiger partial charge in [-0.3, -0.25) is 4.68 Å². The van der Waals surface area contributed by atoms with Gasteiger partial charge < -0.3 is 0 Å². The number of aromatic nitrogens is 2. The Bertz CT molecular complexity index is 1070. The average Bonchev–Trinajstić information content (AvgIpc) is 2.97. The fraction of sp³-hybridized carbons (Fsp3) is 0.471. The molecule has 1 aromatic carbocycles. The topological polar surface area (TPSA) is 92.6 Å². The van der Waals surface area contributed by atoms with Crippen LogP contribution in [0.2, 0.25) is 0 Å². The lowest BCUT2D eigenvalue weighted by molar-refractivity contribution is 0.272. The monoisotopic (exact) mass is 412 g/mol. The lowest BCUT2D eigenvalue weighted by Crippen LogP contribution is -2.50. The second-order valence-corrected chi connectivity index (χ2v) is 10.6. The van der Waals surface area contributed by atoms with Gasteiger partial charge in [0.1, 0.15) is 4.90 Å². The van der Waals surface area contributed by atoms with Crippen LogP contribution in [0.15, 0.2) is 34.2 Å². The minimum absolute atomic E-state index is 0.112. The van der Waals surface area contributed by atoms with E-state index in [9.17, 15) is 16.8 Å². The van der Waals surface area contributed by atoms with Crippen LogP contribution in [-0.4, -0.2) is 61.4 Å². The number of benzene rings is 1. The molecule has 8 nitrogen and oxygen atoms in total. The van der Waals surface area contributed by atoms with E-state index in [-0.39, 0.29) is 36.0 Å². The van der Waals surface area contributed by atoms with Crippen molar-refractivity contribution in [3.63, 3.8) is 0 Å². The molecule has 0 unspecified atom stereocenters. The highest BCUT2D eigenvalue weighted by molar-refractivity contribution is 7.89. The SMILES string of the molecule is Cc1ccc(S(=O)(=O)N2CCN(S(=O)(=O)c3cnn(C)c3C)CC2)cc1C. The maximum Gasteiger partial charge on any atom is 0.246 e. The van der Waals surface area contributed by atoms with E-state index in [0.29, 0.717) is 5.69 Å². The zero-order valence-corrected chi connectivity index (χ0v) is 17.5. The first-order valence-electron chi connectivity index (χ1n) is 8.61. The van der Waals surface area contributed by atoms with Crippen LogP contribution in [0.5, 0.6) is 0 Å². The van der Waals surface area contributed by atoms with Gasteiger partial charge in [-0.2, -0.15) is 13.7 Å². The fourth-order valence-electron chi connectivity index (χ4n) is 3.04. The third-order valence-corrected chi connectivity index (χ3v) is 9.02. The minimum atomic E-state index is -3.69. The first kappa shape index (κ1) is 20.0. The summed E-state index contributed by atoms with van der Waals surface area (Å²) >= 11 is 0. The molecule has 0 radical (unpaired) electrons. The molecule has 1 saturated heterocycles. The summed E-state index contributed by atoms with van der Waals surface area (Å²) in [4.78, 5) is 0.403. The molecule has 0 aliphatic carbocycles. The molecule has 2 aromatic rings. The minimum Gasteiger partial charge on any atom is -0.272 e. The summed E-state index contributed by atoms with van der Waals surface area (Å²) in [5.41, 5.74) is 2.49. The van der Waals surface area contributed by atoms with Crippen molar-refractivity contribution in [1.82, 2.24) is 18.4 Å². The highest BCUT2D eigenvalue weighted by atomic mass is 32.2. The molecule has 27 heavy (non-hydrogen) atoms. The van der Waals surface area contributed by atoms with Gasteiger partial charge in [0.05, 0.1) is 16.8 Å². The smallest absolute Gasteiger partial charge is 0.246 e. The van der Waals surface area contributed by atoms with Gasteiger partial charge in [0, 0.05) is 33.2 Å². The van der Waals surface area contributed by atoms with Crippen LogP contribution < -0.4 is 0 Å². The van der Waals surface area contributed by atoms with Gasteiger partial charge in [-0.15, -0.1) is 0 Å². The predicted molar refractivity (Wildman–Crippen MR) is 101 cm³/mol. The number of hydrogen-bond acceptors (Lipinski definition) is 5. The lowest BCUT2D eigenvalue weighted by atomic mass is 10.1. The number of rotatable bonds is 4. The van der Waals surface area contributed by atoms with E-state index in [1.165, 1.54) is 19.5 Å². The van der Waals surface area contributed by atoms with Gasteiger partial charge in [0.2, 0.25) is 20.0 Å². The second-order valence-electron chi connectivity index (χ2n) is 6.77. The molecule has 1 aliphatic rings. The molecule has 2 heterocycles. The van der Waals surface area contributed by atoms with E-state index in [1.807, 2.05) is 13.8 Å². The normalized spacial score (nSPS) is 17.3. The Kier molecular flexibility index (Phi) is 5.19. The summed E-state index contributed by atoms with van der Waals surface area (Å²) in [5, 5.41) is 3.99. The van der Waals surface area contributed by atoms with Crippen LogP contribution >= 0.6 is 0 Å². The molecule has 1 aromatic heterocycles. The summed E-state index contributed by atoms with van der Waals surface area (Å²) < 4.78 is 55.6. The van der Waals surface area contributed by atoms with E-state index in [4.69, 9.17) is 0 Å². The molecule has 10 heteroatoms. The van der Waals surface area contributed by atoms with Crippen molar-refractivity contribution in [2.24, 2.45) is 7.05 Å². The van der Waals surface area contributed by atoms with Crippen LogP contribution in [0.1, 0.15) is 16.8 Å². The third-order valence-electron chi connectivity index (χ3n) is 5.12. The Hall–Kier alpha value is -1.75. The Labute approximate surface area is 160 Å². The number of piperazine rings is 1.